The van der Waals surface area contributed by atoms with Crippen molar-refractivity contribution in [3.8, 4) is 0 Å². The van der Waals surface area contributed by atoms with Gasteiger partial charge in [0.15, 0.2) is 9.84 Å². The summed E-state index contributed by atoms with van der Waals surface area (Å²) in [6, 6.07) is 16.9. The van der Waals surface area contributed by atoms with Crippen LogP contribution in [0.4, 0.5) is 5.69 Å². The lowest BCUT2D eigenvalue weighted by Gasteiger charge is -2.17. The van der Waals surface area contributed by atoms with Gasteiger partial charge in [0.2, 0.25) is 5.91 Å². The average Bonchev–Trinajstić information content (AvgIpc) is 2.48. The average molecular weight is 289 g/mol. The fourth-order valence-corrected chi connectivity index (χ4v) is 3.02. The van der Waals surface area contributed by atoms with Gasteiger partial charge in [0.05, 0.1) is 4.90 Å². The molecule has 20 heavy (non-hydrogen) atoms. The van der Waals surface area contributed by atoms with Crippen LogP contribution in [0.5, 0.6) is 0 Å². The summed E-state index contributed by atoms with van der Waals surface area (Å²) in [5, 5.41) is 0. The Balaban J connectivity index is 2.16. The van der Waals surface area contributed by atoms with Crippen molar-refractivity contribution in [2.45, 2.75) is 4.90 Å². The van der Waals surface area contributed by atoms with Gasteiger partial charge in [0, 0.05) is 12.7 Å². The van der Waals surface area contributed by atoms with Gasteiger partial charge in [-0.25, -0.2) is 8.42 Å². The van der Waals surface area contributed by atoms with Gasteiger partial charge < -0.3 is 4.90 Å². The molecule has 0 aliphatic heterocycles. The molecule has 0 N–H and O–H groups in total. The fraction of sp³-hybridized carbons (Fsp3) is 0.133. The molecule has 104 valence electrons. The highest BCUT2D eigenvalue weighted by Crippen LogP contribution is 2.14. The first kappa shape index (κ1) is 14.3. The van der Waals surface area contributed by atoms with Gasteiger partial charge in [0.25, 0.3) is 0 Å². The number of sulfone groups is 1. The number of rotatable bonds is 4. The number of carbonyl (C=O) groups excluding carboxylic acids is 1. The van der Waals surface area contributed by atoms with E-state index in [9.17, 15) is 13.2 Å². The Labute approximate surface area is 118 Å². The second kappa shape index (κ2) is 5.88. The van der Waals surface area contributed by atoms with E-state index in [0.29, 0.717) is 5.69 Å². The molecule has 2 aromatic rings. The van der Waals surface area contributed by atoms with Crippen LogP contribution in [0.25, 0.3) is 0 Å². The maximum absolute atomic E-state index is 12.1. The molecule has 0 atom stereocenters. The molecule has 0 aliphatic rings. The Morgan fingerprint density at radius 1 is 0.950 bits per heavy atom. The summed E-state index contributed by atoms with van der Waals surface area (Å²) in [5.41, 5.74) is 0.667. The van der Waals surface area contributed by atoms with Crippen LogP contribution in [-0.4, -0.2) is 27.1 Å². The zero-order valence-electron chi connectivity index (χ0n) is 11.1. The summed E-state index contributed by atoms with van der Waals surface area (Å²) >= 11 is 0. The second-order valence-corrected chi connectivity index (χ2v) is 6.35. The number of hydrogen-bond donors (Lipinski definition) is 0. The van der Waals surface area contributed by atoms with Crippen LogP contribution >= 0.6 is 0 Å². The Morgan fingerprint density at radius 2 is 1.45 bits per heavy atom. The van der Waals surface area contributed by atoms with Crippen molar-refractivity contribution in [2.75, 3.05) is 17.7 Å². The van der Waals surface area contributed by atoms with Crippen LogP contribution in [0.2, 0.25) is 0 Å². The SMILES string of the molecule is CN(C(=O)CS(=O)(=O)c1ccccc1)c1ccccc1. The number of carbonyl (C=O) groups is 1. The van der Waals surface area contributed by atoms with E-state index in [4.69, 9.17) is 0 Å². The smallest absolute Gasteiger partial charge is 0.242 e. The number of amides is 1. The molecule has 0 spiro atoms. The van der Waals surface area contributed by atoms with E-state index in [1.165, 1.54) is 17.0 Å². The molecule has 0 bridgehead atoms. The predicted octanol–water partition coefficient (Wildman–Crippen LogP) is 2.12. The topological polar surface area (TPSA) is 54.5 Å². The van der Waals surface area contributed by atoms with Crippen LogP contribution in [0.1, 0.15) is 0 Å². The highest BCUT2D eigenvalue weighted by Gasteiger charge is 2.22. The van der Waals surface area contributed by atoms with Crippen LogP contribution in [0, 0.1) is 0 Å². The first-order valence-electron chi connectivity index (χ1n) is 6.10. The molecule has 1 amide bonds. The van der Waals surface area contributed by atoms with E-state index in [0.717, 1.165) is 0 Å². The van der Waals surface area contributed by atoms with Crippen molar-refractivity contribution in [2.24, 2.45) is 0 Å². The number of hydrogen-bond acceptors (Lipinski definition) is 3. The molecule has 0 saturated carbocycles. The summed E-state index contributed by atoms with van der Waals surface area (Å²) in [6.45, 7) is 0. The van der Waals surface area contributed by atoms with E-state index in [1.54, 1.807) is 49.5 Å². The number of nitrogens with zero attached hydrogens (tertiary/aromatic N) is 1. The summed E-state index contributed by atoms with van der Waals surface area (Å²) in [4.78, 5) is 13.6. The minimum atomic E-state index is -3.60. The Morgan fingerprint density at radius 3 is 2.00 bits per heavy atom. The molecule has 0 aromatic heterocycles. The van der Waals surface area contributed by atoms with E-state index >= 15 is 0 Å². The van der Waals surface area contributed by atoms with Crippen molar-refractivity contribution < 1.29 is 13.2 Å². The lowest BCUT2D eigenvalue weighted by molar-refractivity contribution is -0.115. The first-order valence-corrected chi connectivity index (χ1v) is 7.75. The summed E-state index contributed by atoms with van der Waals surface area (Å²) < 4.78 is 24.3. The standard InChI is InChI=1S/C15H15NO3S/c1-16(13-8-4-2-5-9-13)15(17)12-20(18,19)14-10-6-3-7-11-14/h2-11H,12H2,1H3. The van der Waals surface area contributed by atoms with E-state index < -0.39 is 21.5 Å². The highest BCUT2D eigenvalue weighted by molar-refractivity contribution is 7.92. The maximum Gasteiger partial charge on any atom is 0.242 e. The molecular formula is C15H15NO3S. The number of para-hydroxylation sites is 1. The molecule has 0 radical (unpaired) electrons. The van der Waals surface area contributed by atoms with Crippen LogP contribution < -0.4 is 4.90 Å². The van der Waals surface area contributed by atoms with Crippen LogP contribution in [-0.2, 0) is 14.6 Å². The van der Waals surface area contributed by atoms with Gasteiger partial charge in [-0.3, -0.25) is 4.79 Å². The van der Waals surface area contributed by atoms with Crippen LogP contribution in [0.15, 0.2) is 65.6 Å². The molecule has 4 nitrogen and oxygen atoms in total. The van der Waals surface area contributed by atoms with Crippen molar-refractivity contribution in [3.05, 3.63) is 60.7 Å². The van der Waals surface area contributed by atoms with Gasteiger partial charge in [0.1, 0.15) is 5.75 Å². The molecule has 2 aromatic carbocycles. The van der Waals surface area contributed by atoms with E-state index in [1.807, 2.05) is 6.07 Å². The Kier molecular flexibility index (Phi) is 4.20. The minimum absolute atomic E-state index is 0.162. The van der Waals surface area contributed by atoms with Crippen molar-refractivity contribution in [3.63, 3.8) is 0 Å². The van der Waals surface area contributed by atoms with Gasteiger partial charge in [-0.1, -0.05) is 36.4 Å². The summed E-state index contributed by atoms with van der Waals surface area (Å²) in [7, 11) is -2.04. The summed E-state index contributed by atoms with van der Waals surface area (Å²) in [6.07, 6.45) is 0. The fourth-order valence-electron chi connectivity index (χ4n) is 1.77. The highest BCUT2D eigenvalue weighted by atomic mass is 32.2. The molecule has 0 fully saturated rings. The van der Waals surface area contributed by atoms with Crippen molar-refractivity contribution in [1.82, 2.24) is 0 Å². The second-order valence-electron chi connectivity index (χ2n) is 4.36. The predicted molar refractivity (Wildman–Crippen MR) is 78.3 cm³/mol. The molecule has 0 saturated heterocycles. The van der Waals surface area contributed by atoms with Gasteiger partial charge >= 0.3 is 0 Å². The minimum Gasteiger partial charge on any atom is -0.315 e. The molecule has 2 rings (SSSR count). The van der Waals surface area contributed by atoms with Crippen molar-refractivity contribution >= 4 is 21.4 Å². The summed E-state index contributed by atoms with van der Waals surface area (Å²) in [5.74, 6) is -0.998. The lowest BCUT2D eigenvalue weighted by Crippen LogP contribution is -2.32. The third-order valence-electron chi connectivity index (χ3n) is 2.93. The monoisotopic (exact) mass is 289 g/mol. The number of benzene rings is 2. The van der Waals surface area contributed by atoms with Gasteiger partial charge in [-0.2, -0.15) is 0 Å². The third-order valence-corrected chi connectivity index (χ3v) is 4.55. The van der Waals surface area contributed by atoms with E-state index in [-0.39, 0.29) is 4.90 Å². The lowest BCUT2D eigenvalue weighted by atomic mass is 10.3. The molecule has 0 aliphatic carbocycles. The maximum atomic E-state index is 12.1. The third kappa shape index (κ3) is 3.24. The quantitative estimate of drug-likeness (QED) is 0.866. The van der Waals surface area contributed by atoms with Crippen molar-refractivity contribution in [1.29, 1.82) is 0 Å². The normalized spacial score (nSPS) is 11.1. The molecule has 0 heterocycles. The Bertz CT molecular complexity index is 682. The number of anilines is 1. The largest absolute Gasteiger partial charge is 0.315 e. The van der Waals surface area contributed by atoms with E-state index in [2.05, 4.69) is 0 Å². The zero-order chi connectivity index (χ0) is 14.6. The first-order chi connectivity index (χ1) is 9.50. The van der Waals surface area contributed by atoms with Gasteiger partial charge in [-0.15, -0.1) is 0 Å². The molecule has 5 heteroatoms. The Hall–Kier alpha value is -2.14. The molecule has 0 unspecified atom stereocenters. The zero-order valence-corrected chi connectivity index (χ0v) is 11.9. The van der Waals surface area contributed by atoms with Gasteiger partial charge in [-0.05, 0) is 24.3 Å². The molecular weight excluding hydrogens is 274 g/mol. The van der Waals surface area contributed by atoms with Crippen LogP contribution in [0.3, 0.4) is 0 Å².